The zero-order chi connectivity index (χ0) is 11.8. The average molecular weight is 217 g/mol. The molecule has 1 aromatic rings. The molecule has 0 radical (unpaired) electrons. The molecule has 0 bridgehead atoms. The number of hydrogen-bond donors (Lipinski definition) is 0. The molecule has 16 heavy (non-hydrogen) atoms. The quantitative estimate of drug-likeness (QED) is 0.564. The number of aldehydes is 1. The van der Waals surface area contributed by atoms with Crippen LogP contribution in [0.2, 0.25) is 0 Å². The molecular formula is C13H15NO2. The van der Waals surface area contributed by atoms with Crippen molar-refractivity contribution in [3.8, 4) is 17.6 Å². The third-order valence-corrected chi connectivity index (χ3v) is 1.87. The SMILES string of the molecule is CN(C)CC#CCOc1ccccc1C=O. The van der Waals surface area contributed by atoms with Crippen LogP contribution in [-0.2, 0) is 0 Å². The van der Waals surface area contributed by atoms with E-state index in [0.29, 0.717) is 24.5 Å². The fraction of sp³-hybridized carbons (Fsp3) is 0.308. The van der Waals surface area contributed by atoms with E-state index >= 15 is 0 Å². The normalized spacial score (nSPS) is 9.44. The standard InChI is InChI=1S/C13H15NO2/c1-14(2)9-5-6-10-16-13-8-4-3-7-12(13)11-15/h3-4,7-8,11H,9-10H2,1-2H3. The van der Waals surface area contributed by atoms with Gasteiger partial charge in [-0.05, 0) is 26.2 Å². The lowest BCUT2D eigenvalue weighted by Crippen LogP contribution is -2.11. The number of carbonyl (C=O) groups is 1. The van der Waals surface area contributed by atoms with E-state index in [2.05, 4.69) is 11.8 Å². The van der Waals surface area contributed by atoms with Gasteiger partial charge in [0, 0.05) is 0 Å². The van der Waals surface area contributed by atoms with E-state index in [4.69, 9.17) is 4.74 Å². The van der Waals surface area contributed by atoms with Crippen molar-refractivity contribution < 1.29 is 9.53 Å². The summed E-state index contributed by atoms with van der Waals surface area (Å²) in [5.74, 6) is 6.42. The van der Waals surface area contributed by atoms with Crippen molar-refractivity contribution in [3.05, 3.63) is 29.8 Å². The minimum atomic E-state index is 0.304. The van der Waals surface area contributed by atoms with Crippen molar-refractivity contribution in [2.45, 2.75) is 0 Å². The van der Waals surface area contributed by atoms with Crippen molar-refractivity contribution in [3.63, 3.8) is 0 Å². The van der Waals surface area contributed by atoms with Gasteiger partial charge in [0.25, 0.3) is 0 Å². The maximum Gasteiger partial charge on any atom is 0.153 e. The summed E-state index contributed by atoms with van der Waals surface area (Å²) < 4.78 is 5.39. The molecule has 0 aliphatic heterocycles. The van der Waals surface area contributed by atoms with Crippen LogP contribution in [0.25, 0.3) is 0 Å². The van der Waals surface area contributed by atoms with E-state index in [9.17, 15) is 4.79 Å². The molecule has 0 unspecified atom stereocenters. The van der Waals surface area contributed by atoms with Crippen molar-refractivity contribution in [2.75, 3.05) is 27.2 Å². The van der Waals surface area contributed by atoms with Crippen LogP contribution in [-0.4, -0.2) is 38.4 Å². The molecule has 0 aliphatic carbocycles. The molecule has 0 aromatic heterocycles. The molecule has 84 valence electrons. The highest BCUT2D eigenvalue weighted by Gasteiger charge is 1.99. The topological polar surface area (TPSA) is 29.5 Å². The van der Waals surface area contributed by atoms with Gasteiger partial charge in [0.05, 0.1) is 12.1 Å². The first-order chi connectivity index (χ1) is 7.74. The van der Waals surface area contributed by atoms with E-state index in [-0.39, 0.29) is 0 Å². The van der Waals surface area contributed by atoms with Gasteiger partial charge in [-0.2, -0.15) is 0 Å². The van der Waals surface area contributed by atoms with Crippen LogP contribution in [0.1, 0.15) is 10.4 Å². The Labute approximate surface area is 96.0 Å². The summed E-state index contributed by atoms with van der Waals surface area (Å²) >= 11 is 0. The third-order valence-electron chi connectivity index (χ3n) is 1.87. The smallest absolute Gasteiger partial charge is 0.153 e. The molecule has 0 saturated heterocycles. The van der Waals surface area contributed by atoms with Gasteiger partial charge >= 0.3 is 0 Å². The van der Waals surface area contributed by atoms with Gasteiger partial charge in [0.2, 0.25) is 0 Å². The predicted octanol–water partition coefficient (Wildman–Crippen LogP) is 1.44. The lowest BCUT2D eigenvalue weighted by molar-refractivity contribution is 0.112. The lowest BCUT2D eigenvalue weighted by Gasteiger charge is -2.04. The molecule has 3 nitrogen and oxygen atoms in total. The highest BCUT2D eigenvalue weighted by Crippen LogP contribution is 2.14. The summed E-state index contributed by atoms with van der Waals surface area (Å²) in [6, 6.07) is 7.11. The first kappa shape index (κ1) is 12.3. The number of carbonyl (C=O) groups excluding carboxylic acids is 1. The van der Waals surface area contributed by atoms with E-state index in [1.54, 1.807) is 18.2 Å². The van der Waals surface area contributed by atoms with E-state index in [1.165, 1.54) is 0 Å². The highest BCUT2D eigenvalue weighted by atomic mass is 16.5. The van der Waals surface area contributed by atoms with Gasteiger partial charge < -0.3 is 4.74 Å². The molecule has 1 rings (SSSR count). The average Bonchev–Trinajstić information content (AvgIpc) is 2.29. The number of nitrogens with zero attached hydrogens (tertiary/aromatic N) is 1. The van der Waals surface area contributed by atoms with Crippen LogP contribution in [0.5, 0.6) is 5.75 Å². The van der Waals surface area contributed by atoms with E-state index in [0.717, 1.165) is 6.29 Å². The summed E-state index contributed by atoms with van der Waals surface area (Å²) in [6.45, 7) is 1.01. The Morgan fingerprint density at radius 3 is 2.75 bits per heavy atom. The number of rotatable bonds is 4. The number of para-hydroxylation sites is 1. The van der Waals surface area contributed by atoms with Crippen molar-refractivity contribution in [1.29, 1.82) is 0 Å². The molecule has 0 fully saturated rings. The molecule has 3 heteroatoms. The summed E-state index contributed by atoms with van der Waals surface area (Å²) in [4.78, 5) is 12.7. The molecule has 0 aliphatic rings. The molecule has 1 aromatic carbocycles. The first-order valence-corrected chi connectivity index (χ1v) is 5.01. The maximum atomic E-state index is 10.7. The fourth-order valence-electron chi connectivity index (χ4n) is 1.09. The summed E-state index contributed by atoms with van der Waals surface area (Å²) in [6.07, 6.45) is 0.780. The van der Waals surface area contributed by atoms with E-state index in [1.807, 2.05) is 25.1 Å². The lowest BCUT2D eigenvalue weighted by atomic mass is 10.2. The van der Waals surface area contributed by atoms with Gasteiger partial charge in [-0.15, -0.1) is 0 Å². The van der Waals surface area contributed by atoms with Gasteiger partial charge in [0.15, 0.2) is 6.29 Å². The van der Waals surface area contributed by atoms with Crippen molar-refractivity contribution in [1.82, 2.24) is 4.90 Å². The summed E-state index contributed by atoms with van der Waals surface area (Å²) in [5.41, 5.74) is 0.553. The number of ether oxygens (including phenoxy) is 1. The molecule has 0 N–H and O–H groups in total. The predicted molar refractivity (Wildman–Crippen MR) is 63.7 cm³/mol. The number of hydrogen-bond acceptors (Lipinski definition) is 3. The summed E-state index contributed by atoms with van der Waals surface area (Å²) in [5, 5.41) is 0. The zero-order valence-corrected chi connectivity index (χ0v) is 9.56. The monoisotopic (exact) mass is 217 g/mol. The largest absolute Gasteiger partial charge is 0.480 e. The molecule has 0 heterocycles. The van der Waals surface area contributed by atoms with Crippen LogP contribution in [0.15, 0.2) is 24.3 Å². The van der Waals surface area contributed by atoms with Crippen LogP contribution >= 0.6 is 0 Å². The Morgan fingerprint density at radius 1 is 1.31 bits per heavy atom. The Morgan fingerprint density at radius 2 is 2.06 bits per heavy atom. The van der Waals surface area contributed by atoms with E-state index < -0.39 is 0 Å². The van der Waals surface area contributed by atoms with Crippen LogP contribution in [0.3, 0.4) is 0 Å². The van der Waals surface area contributed by atoms with Gasteiger partial charge in [-0.25, -0.2) is 0 Å². The molecule has 0 amide bonds. The maximum absolute atomic E-state index is 10.7. The van der Waals surface area contributed by atoms with Crippen LogP contribution in [0, 0.1) is 11.8 Å². The Bertz CT molecular complexity index is 402. The Balaban J connectivity index is 2.47. The Hall–Kier alpha value is -1.79. The second kappa shape index (κ2) is 6.65. The third kappa shape index (κ3) is 4.16. The first-order valence-electron chi connectivity index (χ1n) is 5.01. The van der Waals surface area contributed by atoms with Gasteiger partial charge in [-0.1, -0.05) is 24.0 Å². The molecular weight excluding hydrogens is 202 g/mol. The number of benzene rings is 1. The summed E-state index contributed by atoms with van der Waals surface area (Å²) in [7, 11) is 3.91. The second-order valence-corrected chi connectivity index (χ2v) is 3.54. The second-order valence-electron chi connectivity index (χ2n) is 3.54. The van der Waals surface area contributed by atoms with Crippen molar-refractivity contribution >= 4 is 6.29 Å². The Kier molecular flexibility index (Phi) is 5.10. The van der Waals surface area contributed by atoms with Crippen LogP contribution < -0.4 is 4.74 Å². The molecule has 0 saturated carbocycles. The minimum Gasteiger partial charge on any atom is -0.480 e. The van der Waals surface area contributed by atoms with Crippen LogP contribution in [0.4, 0.5) is 0 Å². The fourth-order valence-corrected chi connectivity index (χ4v) is 1.09. The van der Waals surface area contributed by atoms with Gasteiger partial charge in [0.1, 0.15) is 12.4 Å². The molecule has 0 atom stereocenters. The van der Waals surface area contributed by atoms with Gasteiger partial charge in [-0.3, -0.25) is 9.69 Å². The highest BCUT2D eigenvalue weighted by molar-refractivity contribution is 5.79. The molecule has 0 spiro atoms. The van der Waals surface area contributed by atoms with Crippen molar-refractivity contribution in [2.24, 2.45) is 0 Å². The minimum absolute atomic E-state index is 0.304. The zero-order valence-electron chi connectivity index (χ0n) is 9.56.